The number of carbonyl (C=O) groups is 1. The molecule has 2 aromatic carbocycles. The van der Waals surface area contributed by atoms with Gasteiger partial charge >= 0.3 is 0 Å². The van der Waals surface area contributed by atoms with Crippen LogP contribution >= 0.6 is 23.4 Å². The molecule has 0 atom stereocenters. The lowest BCUT2D eigenvalue weighted by Gasteiger charge is -2.07. The average Bonchev–Trinajstić information content (AvgIpc) is 2.95. The Morgan fingerprint density at radius 2 is 2.00 bits per heavy atom. The molecule has 0 spiro atoms. The van der Waals surface area contributed by atoms with Crippen molar-refractivity contribution in [3.05, 3.63) is 63.5 Å². The number of benzene rings is 2. The molecule has 1 aliphatic heterocycles. The van der Waals surface area contributed by atoms with Crippen molar-refractivity contribution in [3.8, 4) is 5.75 Å². The second-order valence-corrected chi connectivity index (χ2v) is 7.29. The lowest BCUT2D eigenvalue weighted by Crippen LogP contribution is -2.19. The summed E-state index contributed by atoms with van der Waals surface area (Å²) in [5.74, 6) is 0.490. The van der Waals surface area contributed by atoms with Crippen LogP contribution in [0.4, 0.5) is 5.69 Å². The van der Waals surface area contributed by atoms with Crippen LogP contribution in [-0.2, 0) is 4.79 Å². The summed E-state index contributed by atoms with van der Waals surface area (Å²) in [6.07, 6.45) is 2.72. The minimum Gasteiger partial charge on any atom is -0.492 e. The minimum absolute atomic E-state index is 0.164. The molecule has 26 heavy (non-hydrogen) atoms. The molecular formula is C20H19ClN2O2S. The van der Waals surface area contributed by atoms with Crippen LogP contribution in [0.15, 0.2) is 52.4 Å². The third kappa shape index (κ3) is 4.68. The Kier molecular flexibility index (Phi) is 6.01. The standard InChI is InChI=1S/C20H19ClN2O2S/c1-3-10-25-17-9-6-14(11-16(17)21)12-18-19(24)23-20(26-18)22-15-7-4-13(2)5-8-15/h4-9,11-12H,3,10H2,1-2H3,(H,22,23,24)/b18-12-. The molecule has 0 bridgehead atoms. The maximum absolute atomic E-state index is 12.2. The molecule has 2 aromatic rings. The van der Waals surface area contributed by atoms with Crippen LogP contribution in [0.5, 0.6) is 5.75 Å². The summed E-state index contributed by atoms with van der Waals surface area (Å²) in [4.78, 5) is 17.2. The topological polar surface area (TPSA) is 50.7 Å². The summed E-state index contributed by atoms with van der Waals surface area (Å²) in [5, 5.41) is 3.89. The number of nitrogens with one attached hydrogen (secondary N) is 1. The highest BCUT2D eigenvalue weighted by Crippen LogP contribution is 2.31. The van der Waals surface area contributed by atoms with E-state index in [1.807, 2.05) is 50.2 Å². The molecule has 6 heteroatoms. The molecule has 1 heterocycles. The molecule has 3 rings (SSSR count). The van der Waals surface area contributed by atoms with E-state index in [1.165, 1.54) is 17.3 Å². The van der Waals surface area contributed by atoms with E-state index < -0.39 is 0 Å². The number of aryl methyl sites for hydroxylation is 1. The van der Waals surface area contributed by atoms with Crippen molar-refractivity contribution in [1.82, 2.24) is 5.32 Å². The predicted molar refractivity (Wildman–Crippen MR) is 109 cm³/mol. The zero-order chi connectivity index (χ0) is 18.5. The van der Waals surface area contributed by atoms with Crippen molar-refractivity contribution in [2.75, 3.05) is 6.61 Å². The van der Waals surface area contributed by atoms with Gasteiger partial charge in [-0.25, -0.2) is 4.99 Å². The van der Waals surface area contributed by atoms with Gasteiger partial charge in [-0.1, -0.05) is 42.3 Å². The summed E-state index contributed by atoms with van der Waals surface area (Å²) in [6, 6.07) is 13.3. The Labute approximate surface area is 162 Å². The average molecular weight is 387 g/mol. The first-order valence-electron chi connectivity index (χ1n) is 8.34. The molecule has 134 valence electrons. The van der Waals surface area contributed by atoms with Crippen molar-refractivity contribution in [3.63, 3.8) is 0 Å². The van der Waals surface area contributed by atoms with Crippen LogP contribution in [0.2, 0.25) is 5.02 Å². The number of rotatable bonds is 5. The number of hydrogen-bond donors (Lipinski definition) is 1. The van der Waals surface area contributed by atoms with Gasteiger partial charge in [-0.05, 0) is 61.0 Å². The highest BCUT2D eigenvalue weighted by molar-refractivity contribution is 8.18. The Morgan fingerprint density at radius 3 is 2.69 bits per heavy atom. The number of ether oxygens (including phenoxy) is 1. The van der Waals surface area contributed by atoms with Gasteiger partial charge in [0.1, 0.15) is 5.75 Å². The molecular weight excluding hydrogens is 368 g/mol. The molecule has 1 N–H and O–H groups in total. The largest absolute Gasteiger partial charge is 0.492 e. The molecule has 0 saturated carbocycles. The molecule has 1 saturated heterocycles. The first-order valence-corrected chi connectivity index (χ1v) is 9.53. The molecule has 1 aliphatic rings. The second kappa shape index (κ2) is 8.43. The molecule has 0 unspecified atom stereocenters. The van der Waals surface area contributed by atoms with Crippen LogP contribution in [0.1, 0.15) is 24.5 Å². The van der Waals surface area contributed by atoms with Crippen molar-refractivity contribution in [1.29, 1.82) is 0 Å². The number of halogens is 1. The molecule has 0 aromatic heterocycles. The van der Waals surface area contributed by atoms with Gasteiger partial charge < -0.3 is 10.1 Å². The van der Waals surface area contributed by atoms with Gasteiger partial charge in [-0.3, -0.25) is 4.79 Å². The molecule has 4 nitrogen and oxygen atoms in total. The van der Waals surface area contributed by atoms with E-state index in [2.05, 4.69) is 10.3 Å². The molecule has 1 fully saturated rings. The summed E-state index contributed by atoms with van der Waals surface area (Å²) in [5.41, 5.74) is 2.81. The molecule has 0 aliphatic carbocycles. The van der Waals surface area contributed by atoms with E-state index in [1.54, 1.807) is 12.1 Å². The van der Waals surface area contributed by atoms with Crippen molar-refractivity contribution in [2.24, 2.45) is 4.99 Å². The Hall–Kier alpha value is -2.24. The van der Waals surface area contributed by atoms with E-state index in [-0.39, 0.29) is 5.91 Å². The maximum atomic E-state index is 12.2. The van der Waals surface area contributed by atoms with Crippen LogP contribution in [0.25, 0.3) is 6.08 Å². The fraction of sp³-hybridized carbons (Fsp3) is 0.200. The van der Waals surface area contributed by atoms with E-state index >= 15 is 0 Å². The van der Waals surface area contributed by atoms with E-state index in [0.717, 1.165) is 17.7 Å². The van der Waals surface area contributed by atoms with Crippen LogP contribution < -0.4 is 10.1 Å². The fourth-order valence-electron chi connectivity index (χ4n) is 2.30. The van der Waals surface area contributed by atoms with Gasteiger partial charge in [0.25, 0.3) is 5.91 Å². The zero-order valence-corrected chi connectivity index (χ0v) is 16.2. The zero-order valence-electron chi connectivity index (χ0n) is 14.6. The van der Waals surface area contributed by atoms with Gasteiger partial charge in [-0.2, -0.15) is 0 Å². The highest BCUT2D eigenvalue weighted by Gasteiger charge is 2.23. The monoisotopic (exact) mass is 386 g/mol. The van der Waals surface area contributed by atoms with Gasteiger partial charge in [0.05, 0.1) is 22.2 Å². The lowest BCUT2D eigenvalue weighted by molar-refractivity contribution is -0.115. The smallest absolute Gasteiger partial charge is 0.264 e. The quantitative estimate of drug-likeness (QED) is 0.706. The van der Waals surface area contributed by atoms with Crippen molar-refractivity contribution in [2.45, 2.75) is 20.3 Å². The number of aliphatic imine (C=N–C) groups is 1. The van der Waals surface area contributed by atoms with Gasteiger partial charge in [0.15, 0.2) is 5.17 Å². The first-order chi connectivity index (χ1) is 12.5. The van der Waals surface area contributed by atoms with E-state index in [0.29, 0.717) is 27.5 Å². The molecule has 1 amide bonds. The third-order valence-corrected chi connectivity index (χ3v) is 4.84. The van der Waals surface area contributed by atoms with E-state index in [4.69, 9.17) is 16.3 Å². The van der Waals surface area contributed by atoms with Crippen LogP contribution in [-0.4, -0.2) is 17.7 Å². The summed E-state index contributed by atoms with van der Waals surface area (Å²) < 4.78 is 5.57. The number of amidine groups is 1. The Balaban J connectivity index is 1.76. The Morgan fingerprint density at radius 1 is 1.23 bits per heavy atom. The molecule has 0 radical (unpaired) electrons. The van der Waals surface area contributed by atoms with Crippen LogP contribution in [0.3, 0.4) is 0 Å². The number of thioether (sulfide) groups is 1. The fourth-order valence-corrected chi connectivity index (χ4v) is 3.39. The number of nitrogens with zero attached hydrogens (tertiary/aromatic N) is 1. The summed E-state index contributed by atoms with van der Waals surface area (Å²) in [7, 11) is 0. The lowest BCUT2D eigenvalue weighted by atomic mass is 10.2. The van der Waals surface area contributed by atoms with Crippen LogP contribution in [0, 0.1) is 6.92 Å². The normalized spacial score (nSPS) is 17.0. The second-order valence-electron chi connectivity index (χ2n) is 5.86. The first kappa shape index (κ1) is 18.5. The predicted octanol–water partition coefficient (Wildman–Crippen LogP) is 5.33. The van der Waals surface area contributed by atoms with Gasteiger partial charge in [-0.15, -0.1) is 0 Å². The number of carbonyl (C=O) groups excluding carboxylic acids is 1. The van der Waals surface area contributed by atoms with E-state index in [9.17, 15) is 4.79 Å². The van der Waals surface area contributed by atoms with Gasteiger partial charge in [0, 0.05) is 0 Å². The number of amides is 1. The van der Waals surface area contributed by atoms with Crippen molar-refractivity contribution < 1.29 is 9.53 Å². The summed E-state index contributed by atoms with van der Waals surface area (Å²) in [6.45, 7) is 4.68. The summed E-state index contributed by atoms with van der Waals surface area (Å²) >= 11 is 7.56. The minimum atomic E-state index is -0.164. The maximum Gasteiger partial charge on any atom is 0.264 e. The third-order valence-electron chi connectivity index (χ3n) is 3.63. The van der Waals surface area contributed by atoms with Gasteiger partial charge in [0.2, 0.25) is 0 Å². The van der Waals surface area contributed by atoms with Crippen molar-refractivity contribution >= 4 is 46.2 Å². The highest BCUT2D eigenvalue weighted by atomic mass is 35.5. The Bertz CT molecular complexity index is 876. The number of hydrogen-bond acceptors (Lipinski definition) is 4. The SMILES string of the molecule is CCCOc1ccc(/C=C2\SC(=Nc3ccc(C)cc3)NC2=O)cc1Cl.